The summed E-state index contributed by atoms with van der Waals surface area (Å²) in [5, 5.41) is 20.6. The lowest BCUT2D eigenvalue weighted by atomic mass is 9.90. The van der Waals surface area contributed by atoms with Gasteiger partial charge in [-0.15, -0.1) is 0 Å². The van der Waals surface area contributed by atoms with Crippen molar-refractivity contribution in [1.29, 1.82) is 0 Å². The first-order valence-electron chi connectivity index (χ1n) is 20.2. The van der Waals surface area contributed by atoms with E-state index in [1.54, 1.807) is 12.2 Å². The van der Waals surface area contributed by atoms with Crippen LogP contribution in [0.5, 0.6) is 0 Å². The van der Waals surface area contributed by atoms with Crippen molar-refractivity contribution in [3.05, 3.63) is 24.3 Å². The summed E-state index contributed by atoms with van der Waals surface area (Å²) in [5.41, 5.74) is 0. The lowest BCUT2D eigenvalue weighted by Gasteiger charge is -2.18. The lowest BCUT2D eigenvalue weighted by Crippen LogP contribution is -2.29. The SMILES string of the molecule is CCCCCCCCCCCCCCCCC(=O)OC[C@H](COP(=O)(O)O)OC(=O)CCC/C=C\C[C@H]1C(=O)C[C@@H](O)[C@@H]1/C=C/[C@@H](O)CCCCC. The van der Waals surface area contributed by atoms with E-state index >= 15 is 0 Å². The number of carbonyl (C=O) groups is 3. The summed E-state index contributed by atoms with van der Waals surface area (Å²) >= 11 is 0. The summed E-state index contributed by atoms with van der Waals surface area (Å²) in [5.74, 6) is -1.82. The largest absolute Gasteiger partial charge is 0.469 e. The lowest BCUT2D eigenvalue weighted by molar-refractivity contribution is -0.161. The summed E-state index contributed by atoms with van der Waals surface area (Å²) < 4.78 is 26.3. The van der Waals surface area contributed by atoms with Gasteiger partial charge in [0.15, 0.2) is 6.10 Å². The molecule has 1 rings (SSSR count). The van der Waals surface area contributed by atoms with Gasteiger partial charge in [0.25, 0.3) is 0 Å². The Hall–Kier alpha value is -1.88. The smallest absolute Gasteiger partial charge is 0.462 e. The summed E-state index contributed by atoms with van der Waals surface area (Å²) in [6.07, 6.45) is 26.9. The molecular formula is C40H71O11P. The summed E-state index contributed by atoms with van der Waals surface area (Å²) in [7, 11) is -4.82. The quantitative estimate of drug-likeness (QED) is 0.0218. The highest BCUT2D eigenvalue weighted by Gasteiger charge is 2.39. The Bertz CT molecular complexity index is 1060. The van der Waals surface area contributed by atoms with Gasteiger partial charge in [-0.25, -0.2) is 4.57 Å². The molecule has 1 saturated carbocycles. The second kappa shape index (κ2) is 30.4. The van der Waals surface area contributed by atoms with Crippen molar-refractivity contribution >= 4 is 25.5 Å². The molecule has 1 aliphatic carbocycles. The molecule has 0 saturated heterocycles. The van der Waals surface area contributed by atoms with Crippen molar-refractivity contribution in [2.45, 2.75) is 186 Å². The number of hydrogen-bond donors (Lipinski definition) is 4. The molecule has 0 aliphatic heterocycles. The van der Waals surface area contributed by atoms with Crippen molar-refractivity contribution in [2.75, 3.05) is 13.2 Å². The standard InChI is InChI=1S/C40H71O11P/c1-3-5-7-8-9-10-11-12-13-14-15-16-17-22-26-39(44)49-31-34(32-50-52(46,47)48)51-40(45)27-23-19-18-21-25-35-36(38(43)30-37(35)42)29-28-33(41)24-20-6-4-2/h18,21,28-29,33-36,38,41,43H,3-17,19-20,22-27,30-32H2,1-2H3,(H2,46,47,48)/b21-18-,29-28+/t33-,34+,35+,36+,38+/m0/s1. The van der Waals surface area contributed by atoms with Gasteiger partial charge in [0.2, 0.25) is 0 Å². The Kier molecular flexibility index (Phi) is 28.2. The monoisotopic (exact) mass is 758 g/mol. The van der Waals surface area contributed by atoms with Crippen LogP contribution < -0.4 is 0 Å². The number of phosphoric acid groups is 1. The Morgan fingerprint density at radius 1 is 0.788 bits per heavy atom. The van der Waals surface area contributed by atoms with E-state index in [2.05, 4.69) is 18.4 Å². The predicted octanol–water partition coefficient (Wildman–Crippen LogP) is 8.60. The van der Waals surface area contributed by atoms with Crippen LogP contribution in [-0.2, 0) is 32.9 Å². The van der Waals surface area contributed by atoms with Crippen LogP contribution in [-0.4, -0.2) is 69.2 Å². The normalized spacial score (nSPS) is 19.1. The fraction of sp³-hybridized carbons (Fsp3) is 0.825. The molecule has 302 valence electrons. The summed E-state index contributed by atoms with van der Waals surface area (Å²) in [6.45, 7) is 3.35. The number of ketones is 1. The van der Waals surface area contributed by atoms with Gasteiger partial charge in [-0.05, 0) is 32.1 Å². The fourth-order valence-corrected chi connectivity index (χ4v) is 6.83. The number of Topliss-reactive ketones (excluding diaryl/α,β-unsaturated/α-hetero) is 1. The van der Waals surface area contributed by atoms with Gasteiger partial charge in [0.1, 0.15) is 12.4 Å². The zero-order valence-electron chi connectivity index (χ0n) is 32.2. The Morgan fingerprint density at radius 3 is 1.94 bits per heavy atom. The molecule has 0 heterocycles. The summed E-state index contributed by atoms with van der Waals surface area (Å²) in [6, 6.07) is 0. The first-order valence-corrected chi connectivity index (χ1v) is 21.8. The molecule has 11 nitrogen and oxygen atoms in total. The molecular weight excluding hydrogens is 687 g/mol. The van der Waals surface area contributed by atoms with Gasteiger partial charge in [0.05, 0.1) is 18.8 Å². The average molecular weight is 759 g/mol. The number of ether oxygens (including phenoxy) is 2. The highest BCUT2D eigenvalue weighted by molar-refractivity contribution is 7.46. The van der Waals surface area contributed by atoms with Crippen molar-refractivity contribution < 1.29 is 52.9 Å². The zero-order valence-corrected chi connectivity index (χ0v) is 33.1. The van der Waals surface area contributed by atoms with Crippen LogP contribution in [0, 0.1) is 11.8 Å². The van der Waals surface area contributed by atoms with Gasteiger partial charge < -0.3 is 29.5 Å². The van der Waals surface area contributed by atoms with E-state index in [0.717, 1.165) is 38.5 Å². The maximum atomic E-state index is 12.5. The van der Waals surface area contributed by atoms with Crippen LogP contribution in [0.25, 0.3) is 0 Å². The van der Waals surface area contributed by atoms with Crippen LogP contribution in [0.3, 0.4) is 0 Å². The molecule has 0 radical (unpaired) electrons. The molecule has 0 bridgehead atoms. The third-order valence-corrected chi connectivity index (χ3v) is 10.1. The van der Waals surface area contributed by atoms with E-state index in [1.807, 2.05) is 12.2 Å². The highest BCUT2D eigenvalue weighted by atomic mass is 31.2. The van der Waals surface area contributed by atoms with Crippen LogP contribution in [0.15, 0.2) is 24.3 Å². The Morgan fingerprint density at radius 2 is 1.35 bits per heavy atom. The van der Waals surface area contributed by atoms with Crippen molar-refractivity contribution in [2.24, 2.45) is 11.8 Å². The number of aliphatic hydroxyl groups is 2. The number of phosphoric ester groups is 1. The van der Waals surface area contributed by atoms with Crippen molar-refractivity contribution in [3.8, 4) is 0 Å². The van der Waals surface area contributed by atoms with E-state index in [4.69, 9.17) is 19.3 Å². The Balaban J connectivity index is 2.32. The maximum absolute atomic E-state index is 12.5. The van der Waals surface area contributed by atoms with Crippen molar-refractivity contribution in [3.63, 3.8) is 0 Å². The minimum Gasteiger partial charge on any atom is -0.462 e. The first-order chi connectivity index (χ1) is 25.0. The molecule has 4 N–H and O–H groups in total. The fourth-order valence-electron chi connectivity index (χ4n) is 6.47. The molecule has 5 atom stereocenters. The minimum atomic E-state index is -4.82. The van der Waals surface area contributed by atoms with Gasteiger partial charge in [-0.1, -0.05) is 141 Å². The number of carbonyl (C=O) groups excluding carboxylic acids is 3. The van der Waals surface area contributed by atoms with Crippen LogP contribution in [0.2, 0.25) is 0 Å². The number of allylic oxidation sites excluding steroid dienone is 2. The molecule has 1 fully saturated rings. The van der Waals surface area contributed by atoms with E-state index in [-0.39, 0.29) is 43.5 Å². The number of unbranched alkanes of at least 4 members (excludes halogenated alkanes) is 16. The number of hydrogen-bond acceptors (Lipinski definition) is 9. The maximum Gasteiger partial charge on any atom is 0.469 e. The number of rotatable bonds is 33. The van der Waals surface area contributed by atoms with Gasteiger partial charge in [-0.3, -0.25) is 18.9 Å². The first kappa shape index (κ1) is 48.1. The molecule has 0 aromatic heterocycles. The third kappa shape index (κ3) is 26.0. The topological polar surface area (TPSA) is 177 Å². The van der Waals surface area contributed by atoms with Gasteiger partial charge in [0, 0.05) is 31.1 Å². The van der Waals surface area contributed by atoms with Crippen LogP contribution in [0.1, 0.15) is 168 Å². The third-order valence-electron chi connectivity index (χ3n) is 9.59. The second-order valence-electron chi connectivity index (χ2n) is 14.4. The molecule has 0 aromatic rings. The molecule has 12 heteroatoms. The molecule has 0 aromatic carbocycles. The van der Waals surface area contributed by atoms with E-state index in [1.165, 1.54) is 64.2 Å². The van der Waals surface area contributed by atoms with Crippen molar-refractivity contribution in [1.82, 2.24) is 0 Å². The highest BCUT2D eigenvalue weighted by Crippen LogP contribution is 2.36. The Labute approximate surface area is 313 Å². The summed E-state index contributed by atoms with van der Waals surface area (Å²) in [4.78, 5) is 55.4. The number of aliphatic hydroxyl groups excluding tert-OH is 2. The number of esters is 2. The minimum absolute atomic E-state index is 0.0142. The molecule has 1 aliphatic rings. The second-order valence-corrected chi connectivity index (χ2v) is 15.6. The molecule has 0 spiro atoms. The van der Waals surface area contributed by atoms with Crippen LogP contribution >= 0.6 is 7.82 Å². The molecule has 0 amide bonds. The van der Waals surface area contributed by atoms with Gasteiger partial charge in [-0.2, -0.15) is 0 Å². The molecule has 52 heavy (non-hydrogen) atoms. The molecule has 0 unspecified atom stereocenters. The van der Waals surface area contributed by atoms with E-state index in [9.17, 15) is 29.2 Å². The van der Waals surface area contributed by atoms with Crippen LogP contribution in [0.4, 0.5) is 0 Å². The van der Waals surface area contributed by atoms with E-state index in [0.29, 0.717) is 32.1 Å². The zero-order chi connectivity index (χ0) is 38.5. The van der Waals surface area contributed by atoms with Gasteiger partial charge >= 0.3 is 19.8 Å². The van der Waals surface area contributed by atoms with E-state index < -0.39 is 44.7 Å². The predicted molar refractivity (Wildman–Crippen MR) is 203 cm³/mol. The average Bonchev–Trinajstić information content (AvgIpc) is 3.37.